The van der Waals surface area contributed by atoms with Crippen LogP contribution in [0.5, 0.6) is 0 Å². The SMILES string of the molecule is CC(Cc1c(C(C)(C)C)ccc(C(C)(C)C)c1C(C)(C)C)c1ccc(C(C)(C)C)c(C(C)(C)C)c1. The maximum absolute atomic E-state index is 2.52. The molecule has 0 heteroatoms. The Labute approximate surface area is 219 Å². The van der Waals surface area contributed by atoms with Crippen molar-refractivity contribution in [2.75, 3.05) is 0 Å². The first kappa shape index (κ1) is 29.7. The fraction of sp³-hybridized carbons (Fsp3) is 0.657. The number of rotatable bonds is 3. The van der Waals surface area contributed by atoms with Gasteiger partial charge in [-0.05, 0) is 78.4 Å². The Balaban J connectivity index is 2.77. The summed E-state index contributed by atoms with van der Waals surface area (Å²) in [5.41, 5.74) is 11.1. The fourth-order valence-corrected chi connectivity index (χ4v) is 5.61. The third-order valence-electron chi connectivity index (χ3n) is 7.42. The Morgan fingerprint density at radius 2 is 0.886 bits per heavy atom. The normalized spacial score (nSPS) is 14.9. The van der Waals surface area contributed by atoms with Gasteiger partial charge in [-0.3, -0.25) is 0 Å². The van der Waals surface area contributed by atoms with E-state index in [0.29, 0.717) is 5.92 Å². The van der Waals surface area contributed by atoms with E-state index in [1.807, 2.05) is 0 Å². The van der Waals surface area contributed by atoms with Crippen molar-refractivity contribution < 1.29 is 0 Å². The molecule has 1 unspecified atom stereocenters. The van der Waals surface area contributed by atoms with Gasteiger partial charge in [-0.15, -0.1) is 0 Å². The lowest BCUT2D eigenvalue weighted by Crippen LogP contribution is -2.28. The molecular weight excluding hydrogens is 420 g/mol. The van der Waals surface area contributed by atoms with Crippen LogP contribution in [0.15, 0.2) is 30.3 Å². The summed E-state index contributed by atoms with van der Waals surface area (Å²) in [6.07, 6.45) is 1.07. The zero-order chi connectivity index (χ0) is 27.4. The molecule has 0 aliphatic heterocycles. The highest BCUT2D eigenvalue weighted by Gasteiger charge is 2.33. The molecule has 0 N–H and O–H groups in total. The van der Waals surface area contributed by atoms with Crippen molar-refractivity contribution in [3.8, 4) is 0 Å². The van der Waals surface area contributed by atoms with Crippen molar-refractivity contribution >= 4 is 0 Å². The molecule has 35 heavy (non-hydrogen) atoms. The molecule has 0 radical (unpaired) electrons. The van der Waals surface area contributed by atoms with Crippen LogP contribution in [0, 0.1) is 0 Å². The summed E-state index contributed by atoms with van der Waals surface area (Å²) in [6, 6.07) is 12.2. The first-order valence-corrected chi connectivity index (χ1v) is 13.8. The summed E-state index contributed by atoms with van der Waals surface area (Å²) in [6.45, 7) is 37.9. The van der Waals surface area contributed by atoms with E-state index in [2.05, 4.69) is 141 Å². The minimum absolute atomic E-state index is 0.0889. The van der Waals surface area contributed by atoms with Crippen LogP contribution in [-0.4, -0.2) is 0 Å². The average Bonchev–Trinajstić information content (AvgIpc) is 2.63. The first-order chi connectivity index (χ1) is 15.5. The Morgan fingerprint density at radius 3 is 1.29 bits per heavy atom. The van der Waals surface area contributed by atoms with Gasteiger partial charge in [0.15, 0.2) is 0 Å². The van der Waals surface area contributed by atoms with E-state index in [1.54, 1.807) is 11.1 Å². The number of hydrogen-bond donors (Lipinski definition) is 0. The lowest BCUT2D eigenvalue weighted by atomic mass is 9.68. The molecule has 0 amide bonds. The summed E-state index contributed by atoms with van der Waals surface area (Å²) in [5, 5.41) is 0. The quantitative estimate of drug-likeness (QED) is 0.413. The van der Waals surface area contributed by atoms with E-state index >= 15 is 0 Å². The highest BCUT2D eigenvalue weighted by Crippen LogP contribution is 2.43. The molecule has 0 nitrogen and oxygen atoms in total. The molecule has 2 aromatic rings. The predicted octanol–water partition coefficient (Wildman–Crippen LogP) is 10.5. The molecule has 0 saturated heterocycles. The highest BCUT2D eigenvalue weighted by molar-refractivity contribution is 5.51. The van der Waals surface area contributed by atoms with Crippen LogP contribution in [0.4, 0.5) is 0 Å². The molecule has 196 valence electrons. The zero-order valence-corrected chi connectivity index (χ0v) is 26.2. The smallest absolute Gasteiger partial charge is 0.0126 e. The third kappa shape index (κ3) is 6.81. The van der Waals surface area contributed by atoms with Crippen molar-refractivity contribution in [3.05, 3.63) is 69.3 Å². The molecule has 2 aromatic carbocycles. The second-order valence-corrected chi connectivity index (χ2v) is 16.2. The average molecular weight is 477 g/mol. The maximum atomic E-state index is 2.52. The minimum Gasteiger partial charge on any atom is -0.0584 e. The van der Waals surface area contributed by atoms with Crippen LogP contribution >= 0.6 is 0 Å². The highest BCUT2D eigenvalue weighted by atomic mass is 14.4. The van der Waals surface area contributed by atoms with Crippen LogP contribution < -0.4 is 0 Å². The van der Waals surface area contributed by atoms with Crippen molar-refractivity contribution in [2.24, 2.45) is 0 Å². The number of hydrogen-bond acceptors (Lipinski definition) is 0. The summed E-state index contributed by atoms with van der Waals surface area (Å²) >= 11 is 0. The van der Waals surface area contributed by atoms with E-state index in [0.717, 1.165) is 6.42 Å². The molecule has 0 aliphatic rings. The zero-order valence-electron chi connectivity index (χ0n) is 26.2. The van der Waals surface area contributed by atoms with Gasteiger partial charge < -0.3 is 0 Å². The lowest BCUT2D eigenvalue weighted by Gasteiger charge is -2.37. The van der Waals surface area contributed by atoms with Crippen LogP contribution in [0.25, 0.3) is 0 Å². The second-order valence-electron chi connectivity index (χ2n) is 16.2. The van der Waals surface area contributed by atoms with Crippen LogP contribution in [0.1, 0.15) is 156 Å². The van der Waals surface area contributed by atoms with E-state index < -0.39 is 0 Å². The first-order valence-electron chi connectivity index (χ1n) is 13.8. The Hall–Kier alpha value is -1.56. The van der Waals surface area contributed by atoms with E-state index in [4.69, 9.17) is 0 Å². The molecule has 0 bridgehead atoms. The summed E-state index contributed by atoms with van der Waals surface area (Å²) < 4.78 is 0. The molecule has 0 aliphatic carbocycles. The van der Waals surface area contributed by atoms with Gasteiger partial charge in [-0.25, -0.2) is 0 Å². The van der Waals surface area contributed by atoms with Crippen LogP contribution in [0.2, 0.25) is 0 Å². The van der Waals surface area contributed by atoms with Crippen LogP contribution in [-0.2, 0) is 33.5 Å². The van der Waals surface area contributed by atoms with Gasteiger partial charge in [0.05, 0.1) is 0 Å². The van der Waals surface area contributed by atoms with E-state index in [-0.39, 0.29) is 27.1 Å². The largest absolute Gasteiger partial charge is 0.0584 e. The van der Waals surface area contributed by atoms with Crippen molar-refractivity contribution in [1.29, 1.82) is 0 Å². The molecule has 0 saturated carbocycles. The molecule has 2 rings (SSSR count). The van der Waals surface area contributed by atoms with Gasteiger partial charge in [0.1, 0.15) is 0 Å². The fourth-order valence-electron chi connectivity index (χ4n) is 5.61. The van der Waals surface area contributed by atoms with Gasteiger partial charge in [-0.2, -0.15) is 0 Å². The van der Waals surface area contributed by atoms with Gasteiger partial charge in [-0.1, -0.05) is 141 Å². The summed E-state index contributed by atoms with van der Waals surface area (Å²) in [5.74, 6) is 0.447. The van der Waals surface area contributed by atoms with Gasteiger partial charge in [0.2, 0.25) is 0 Å². The molecule has 0 aromatic heterocycles. The molecule has 0 heterocycles. The Bertz CT molecular complexity index is 1030. The van der Waals surface area contributed by atoms with E-state index in [9.17, 15) is 0 Å². The molecule has 0 fully saturated rings. The van der Waals surface area contributed by atoms with Crippen molar-refractivity contribution in [3.63, 3.8) is 0 Å². The molecule has 1 atom stereocenters. The van der Waals surface area contributed by atoms with Gasteiger partial charge in [0.25, 0.3) is 0 Å². The van der Waals surface area contributed by atoms with Crippen molar-refractivity contribution in [2.45, 2.75) is 150 Å². The topological polar surface area (TPSA) is 0 Å². The minimum atomic E-state index is 0.0889. The second kappa shape index (κ2) is 9.39. The monoisotopic (exact) mass is 476 g/mol. The molecular formula is C35H56. The summed E-state index contributed by atoms with van der Waals surface area (Å²) in [7, 11) is 0. The van der Waals surface area contributed by atoms with Crippen LogP contribution in [0.3, 0.4) is 0 Å². The van der Waals surface area contributed by atoms with Crippen molar-refractivity contribution in [1.82, 2.24) is 0 Å². The Morgan fingerprint density at radius 1 is 0.486 bits per heavy atom. The maximum Gasteiger partial charge on any atom is -0.0126 e. The molecule has 0 spiro atoms. The predicted molar refractivity (Wildman–Crippen MR) is 159 cm³/mol. The van der Waals surface area contributed by atoms with Gasteiger partial charge in [0, 0.05) is 0 Å². The standard InChI is InChI=1S/C35H56/c1-23(24-17-18-27(32(5,6)7)29(22-24)34(11,12)13)21-25-26(31(2,3)4)19-20-28(33(8,9)10)30(25)35(14,15)16/h17-20,22-23H,21H2,1-16H3. The number of benzene rings is 2. The van der Waals surface area contributed by atoms with Gasteiger partial charge >= 0.3 is 0 Å². The Kier molecular flexibility index (Phi) is 7.96. The third-order valence-corrected chi connectivity index (χ3v) is 7.42. The summed E-state index contributed by atoms with van der Waals surface area (Å²) in [4.78, 5) is 0. The lowest BCUT2D eigenvalue weighted by molar-refractivity contribution is 0.509. The van der Waals surface area contributed by atoms with E-state index in [1.165, 1.54) is 27.8 Å².